The van der Waals surface area contributed by atoms with Gasteiger partial charge in [0.05, 0.1) is 9.50 Å². The van der Waals surface area contributed by atoms with Gasteiger partial charge >= 0.3 is 5.97 Å². The summed E-state index contributed by atoms with van der Waals surface area (Å²) in [5.74, 6) is -0.936. The van der Waals surface area contributed by atoms with Crippen LogP contribution in [0.25, 0.3) is 10.1 Å². The predicted octanol–water partition coefficient (Wildman–Crippen LogP) is 4.02. The number of hydrogen-bond acceptors (Lipinski definition) is 2. The average molecular weight is 292 g/mol. The van der Waals surface area contributed by atoms with Gasteiger partial charge in [-0.3, -0.25) is 0 Å². The quantitative estimate of drug-likeness (QED) is 0.862. The van der Waals surface area contributed by atoms with E-state index in [1.54, 1.807) is 12.1 Å². The van der Waals surface area contributed by atoms with E-state index in [-0.39, 0.29) is 4.88 Å². The second-order valence-corrected chi connectivity index (χ2v) is 4.92. The number of halogens is 2. The Morgan fingerprint density at radius 1 is 1.50 bits per heavy atom. The molecular formula is C9H4BrClO2S. The lowest BCUT2D eigenvalue weighted by molar-refractivity contribution is 0.0701. The minimum absolute atomic E-state index is 0.285. The van der Waals surface area contributed by atoms with Gasteiger partial charge in [0.15, 0.2) is 0 Å². The van der Waals surface area contributed by atoms with Crippen molar-refractivity contribution >= 4 is 54.9 Å². The third kappa shape index (κ3) is 1.43. The Bertz CT molecular complexity index is 521. The molecule has 1 heterocycles. The third-order valence-electron chi connectivity index (χ3n) is 1.80. The summed E-state index contributed by atoms with van der Waals surface area (Å²) in [6, 6.07) is 5.40. The van der Waals surface area contributed by atoms with E-state index in [1.807, 2.05) is 6.07 Å². The maximum atomic E-state index is 10.8. The van der Waals surface area contributed by atoms with Gasteiger partial charge in [0, 0.05) is 10.1 Å². The molecule has 0 atom stereocenters. The number of rotatable bonds is 1. The van der Waals surface area contributed by atoms with Gasteiger partial charge in [-0.25, -0.2) is 4.79 Å². The van der Waals surface area contributed by atoms with Crippen LogP contribution in [-0.2, 0) is 0 Å². The number of aromatic carboxylic acids is 1. The Hall–Kier alpha value is -0.580. The molecule has 0 bridgehead atoms. The van der Waals surface area contributed by atoms with Gasteiger partial charge in [0.25, 0.3) is 0 Å². The zero-order chi connectivity index (χ0) is 10.3. The summed E-state index contributed by atoms with van der Waals surface area (Å²) in [6.07, 6.45) is 0. The van der Waals surface area contributed by atoms with Gasteiger partial charge in [-0.15, -0.1) is 11.3 Å². The van der Waals surface area contributed by atoms with Crippen molar-refractivity contribution < 1.29 is 9.90 Å². The molecule has 2 rings (SSSR count). The van der Waals surface area contributed by atoms with Crippen LogP contribution in [0.15, 0.2) is 22.7 Å². The molecule has 0 amide bonds. The van der Waals surface area contributed by atoms with E-state index in [0.29, 0.717) is 9.50 Å². The molecule has 2 aromatic rings. The highest BCUT2D eigenvalue weighted by atomic mass is 79.9. The highest BCUT2D eigenvalue weighted by molar-refractivity contribution is 9.10. The Kier molecular flexibility index (Phi) is 2.51. The van der Waals surface area contributed by atoms with Crippen molar-refractivity contribution in [3.8, 4) is 0 Å². The standard InChI is InChI=1S/C9H4BrClO2S/c10-7-6-4(11)2-1-3-5(6)14-8(7)9(12)13/h1-3H,(H,12,13). The summed E-state index contributed by atoms with van der Waals surface area (Å²) < 4.78 is 1.44. The van der Waals surface area contributed by atoms with Crippen LogP contribution in [0.4, 0.5) is 0 Å². The van der Waals surface area contributed by atoms with Crippen LogP contribution in [0.2, 0.25) is 5.02 Å². The first kappa shape index (κ1) is 9.96. The Morgan fingerprint density at radius 2 is 2.21 bits per heavy atom. The van der Waals surface area contributed by atoms with E-state index in [1.165, 1.54) is 11.3 Å². The minimum atomic E-state index is -0.936. The molecule has 1 N–H and O–H groups in total. The monoisotopic (exact) mass is 290 g/mol. The van der Waals surface area contributed by atoms with Gasteiger partial charge < -0.3 is 5.11 Å². The maximum Gasteiger partial charge on any atom is 0.347 e. The number of carboxylic acid groups (broad SMARTS) is 1. The molecule has 0 saturated heterocycles. The summed E-state index contributed by atoms with van der Waals surface area (Å²) >= 11 is 10.4. The lowest BCUT2D eigenvalue weighted by atomic mass is 10.2. The third-order valence-corrected chi connectivity index (χ3v) is 4.31. The molecule has 72 valence electrons. The van der Waals surface area contributed by atoms with Crippen LogP contribution in [0, 0.1) is 0 Å². The number of hydrogen-bond donors (Lipinski definition) is 1. The number of benzene rings is 1. The molecule has 0 spiro atoms. The van der Waals surface area contributed by atoms with E-state index in [4.69, 9.17) is 16.7 Å². The molecule has 0 fully saturated rings. The Labute approximate surface area is 97.2 Å². The molecule has 0 radical (unpaired) electrons. The highest BCUT2D eigenvalue weighted by Gasteiger charge is 2.16. The van der Waals surface area contributed by atoms with Crippen molar-refractivity contribution in [1.29, 1.82) is 0 Å². The van der Waals surface area contributed by atoms with E-state index in [2.05, 4.69) is 15.9 Å². The number of carboxylic acids is 1. The lowest BCUT2D eigenvalue weighted by Gasteiger charge is -1.93. The van der Waals surface area contributed by atoms with Crippen LogP contribution in [0.5, 0.6) is 0 Å². The van der Waals surface area contributed by atoms with Gasteiger partial charge in [-0.05, 0) is 28.1 Å². The topological polar surface area (TPSA) is 37.3 Å². The van der Waals surface area contributed by atoms with E-state index < -0.39 is 5.97 Å². The summed E-state index contributed by atoms with van der Waals surface area (Å²) in [4.78, 5) is 11.1. The summed E-state index contributed by atoms with van der Waals surface area (Å²) in [6.45, 7) is 0. The zero-order valence-corrected chi connectivity index (χ0v) is 9.91. The molecule has 2 nitrogen and oxygen atoms in total. The van der Waals surface area contributed by atoms with E-state index >= 15 is 0 Å². The minimum Gasteiger partial charge on any atom is -0.477 e. The van der Waals surface area contributed by atoms with E-state index in [9.17, 15) is 4.79 Å². The molecule has 1 aromatic carbocycles. The first-order valence-electron chi connectivity index (χ1n) is 3.71. The largest absolute Gasteiger partial charge is 0.477 e. The molecule has 0 aliphatic heterocycles. The molecular weight excluding hydrogens is 288 g/mol. The fourth-order valence-electron chi connectivity index (χ4n) is 1.21. The van der Waals surface area contributed by atoms with Gasteiger partial charge in [0.2, 0.25) is 0 Å². The van der Waals surface area contributed by atoms with Gasteiger partial charge in [-0.1, -0.05) is 17.7 Å². The Morgan fingerprint density at radius 3 is 2.79 bits per heavy atom. The SMILES string of the molecule is O=C(O)c1sc2cccc(Cl)c2c1Br. The molecule has 0 saturated carbocycles. The summed E-state index contributed by atoms with van der Waals surface area (Å²) in [7, 11) is 0. The Balaban J connectivity index is 2.87. The van der Waals surface area contributed by atoms with Crippen LogP contribution >= 0.6 is 38.9 Å². The smallest absolute Gasteiger partial charge is 0.347 e. The normalized spacial score (nSPS) is 10.7. The zero-order valence-electron chi connectivity index (χ0n) is 6.75. The molecule has 0 aliphatic rings. The van der Waals surface area contributed by atoms with Crippen LogP contribution in [0.3, 0.4) is 0 Å². The lowest BCUT2D eigenvalue weighted by Crippen LogP contribution is -1.91. The fourth-order valence-corrected chi connectivity index (χ4v) is 3.58. The van der Waals surface area contributed by atoms with Gasteiger partial charge in [0.1, 0.15) is 4.88 Å². The van der Waals surface area contributed by atoms with Crippen molar-refractivity contribution in [2.45, 2.75) is 0 Å². The molecule has 0 aliphatic carbocycles. The van der Waals surface area contributed by atoms with Crippen LogP contribution in [0.1, 0.15) is 9.67 Å². The maximum absolute atomic E-state index is 10.8. The van der Waals surface area contributed by atoms with Crippen LogP contribution < -0.4 is 0 Å². The number of fused-ring (bicyclic) bond motifs is 1. The van der Waals surface area contributed by atoms with Crippen molar-refractivity contribution in [3.05, 3.63) is 32.6 Å². The second-order valence-electron chi connectivity index (χ2n) is 2.66. The molecule has 1 aromatic heterocycles. The van der Waals surface area contributed by atoms with Crippen molar-refractivity contribution in [1.82, 2.24) is 0 Å². The van der Waals surface area contributed by atoms with Gasteiger partial charge in [-0.2, -0.15) is 0 Å². The van der Waals surface area contributed by atoms with Crippen LogP contribution in [-0.4, -0.2) is 11.1 Å². The number of thiophene rings is 1. The van der Waals surface area contributed by atoms with Crippen molar-refractivity contribution in [2.75, 3.05) is 0 Å². The van der Waals surface area contributed by atoms with E-state index in [0.717, 1.165) is 10.1 Å². The summed E-state index contributed by atoms with van der Waals surface area (Å²) in [5.41, 5.74) is 0. The average Bonchev–Trinajstić information content (AvgIpc) is 2.45. The van der Waals surface area contributed by atoms with Crippen molar-refractivity contribution in [3.63, 3.8) is 0 Å². The van der Waals surface area contributed by atoms with Crippen molar-refractivity contribution in [2.24, 2.45) is 0 Å². The number of carbonyl (C=O) groups is 1. The first-order valence-corrected chi connectivity index (χ1v) is 5.70. The molecule has 14 heavy (non-hydrogen) atoms. The first-order chi connectivity index (χ1) is 6.61. The predicted molar refractivity (Wildman–Crippen MR) is 61.5 cm³/mol. The fraction of sp³-hybridized carbons (Fsp3) is 0. The molecule has 5 heteroatoms. The summed E-state index contributed by atoms with van der Waals surface area (Å²) in [5, 5.41) is 10.2. The highest BCUT2D eigenvalue weighted by Crippen LogP contribution is 2.39. The molecule has 0 unspecified atom stereocenters. The second kappa shape index (κ2) is 3.53.